The molecule has 4 atom stereocenters. The van der Waals surface area contributed by atoms with Crippen LogP contribution in [0.2, 0.25) is 0 Å². The highest BCUT2D eigenvalue weighted by Gasteiger charge is 2.38. The predicted molar refractivity (Wildman–Crippen MR) is 236 cm³/mol. The summed E-state index contributed by atoms with van der Waals surface area (Å²) < 4.78 is 38.3. The molecule has 17 nitrogen and oxygen atoms in total. The SMILES string of the molecule is C.C=CC(=O)CCCCOC[C@@H](OCCCNC(=O)C=C)[C@@H](OCCCNC(=O)C=C)[C@H](OCCCNC(=O)C=C)[C@@H](COCCCNC(=O)C=C)OCCCNC(=O)C=C. The molecule has 346 valence electrons. The van der Waals surface area contributed by atoms with Gasteiger partial charge in [0, 0.05) is 78.8 Å². The van der Waals surface area contributed by atoms with Crippen LogP contribution in [0.1, 0.15) is 58.8 Å². The van der Waals surface area contributed by atoms with Gasteiger partial charge in [-0.2, -0.15) is 0 Å². The van der Waals surface area contributed by atoms with Crippen molar-refractivity contribution in [2.45, 2.75) is 83.2 Å². The molecule has 0 aromatic rings. The van der Waals surface area contributed by atoms with E-state index in [9.17, 15) is 28.8 Å². The normalized spacial score (nSPS) is 12.5. The molecule has 0 saturated carbocycles. The first-order valence-electron chi connectivity index (χ1n) is 20.3. The molecule has 0 aliphatic carbocycles. The third-order valence-corrected chi connectivity index (χ3v) is 8.27. The Hall–Kier alpha value is -4.78. The number of ketones is 1. The Morgan fingerprint density at radius 2 is 0.689 bits per heavy atom. The van der Waals surface area contributed by atoms with Crippen molar-refractivity contribution >= 4 is 35.3 Å². The molecule has 0 rings (SSSR count). The van der Waals surface area contributed by atoms with Crippen LogP contribution in [0.25, 0.3) is 0 Å². The van der Waals surface area contributed by atoms with Gasteiger partial charge in [-0.1, -0.05) is 46.9 Å². The summed E-state index contributed by atoms with van der Waals surface area (Å²) in [6, 6.07) is 0. The maximum Gasteiger partial charge on any atom is 0.243 e. The Morgan fingerprint density at radius 3 is 1.00 bits per heavy atom. The fraction of sp³-hybridized carbons (Fsp3) is 0.591. The molecule has 0 aromatic carbocycles. The van der Waals surface area contributed by atoms with Gasteiger partial charge >= 0.3 is 0 Å². The largest absolute Gasteiger partial charge is 0.379 e. The van der Waals surface area contributed by atoms with E-state index < -0.39 is 24.4 Å². The van der Waals surface area contributed by atoms with Gasteiger partial charge in [0.1, 0.15) is 24.4 Å². The van der Waals surface area contributed by atoms with E-state index in [-0.39, 0.29) is 89.0 Å². The second-order valence-corrected chi connectivity index (χ2v) is 13.0. The number of hydrogen-bond donors (Lipinski definition) is 5. The highest BCUT2D eigenvalue weighted by Crippen LogP contribution is 2.21. The van der Waals surface area contributed by atoms with Crippen LogP contribution in [0, 0.1) is 0 Å². The summed E-state index contributed by atoms with van der Waals surface area (Å²) in [7, 11) is 0. The van der Waals surface area contributed by atoms with Crippen molar-refractivity contribution in [3.63, 3.8) is 0 Å². The molecule has 5 amide bonds. The molecule has 5 N–H and O–H groups in total. The smallest absolute Gasteiger partial charge is 0.243 e. The van der Waals surface area contributed by atoms with E-state index >= 15 is 0 Å². The number of amides is 5. The zero-order chi connectivity index (χ0) is 44.6. The van der Waals surface area contributed by atoms with E-state index in [0.29, 0.717) is 90.7 Å². The zero-order valence-electron chi connectivity index (χ0n) is 35.3. The fourth-order valence-corrected chi connectivity index (χ4v) is 5.10. The van der Waals surface area contributed by atoms with Gasteiger partial charge < -0.3 is 55.0 Å². The Morgan fingerprint density at radius 1 is 0.393 bits per heavy atom. The lowest BCUT2D eigenvalue weighted by Gasteiger charge is -2.37. The van der Waals surface area contributed by atoms with Gasteiger partial charge in [-0.25, -0.2) is 0 Å². The molecular formula is C44H73N5O12. The number of carbonyl (C=O) groups excluding carboxylic acids is 6. The van der Waals surface area contributed by atoms with Crippen LogP contribution in [0.15, 0.2) is 75.9 Å². The number of rotatable bonds is 42. The molecule has 0 unspecified atom stereocenters. The quantitative estimate of drug-likeness (QED) is 0.0442. The monoisotopic (exact) mass is 864 g/mol. The number of hydrogen-bond acceptors (Lipinski definition) is 12. The summed E-state index contributed by atoms with van der Waals surface area (Å²) in [5.74, 6) is -1.66. The van der Waals surface area contributed by atoms with Crippen molar-refractivity contribution in [3.05, 3.63) is 75.9 Å². The minimum absolute atomic E-state index is 0. The van der Waals surface area contributed by atoms with E-state index in [0.717, 1.165) is 0 Å². The highest BCUT2D eigenvalue weighted by molar-refractivity contribution is 5.89. The van der Waals surface area contributed by atoms with Crippen LogP contribution in [0.5, 0.6) is 0 Å². The minimum atomic E-state index is -0.870. The number of unbranched alkanes of at least 4 members (excludes halogenated alkanes) is 1. The van der Waals surface area contributed by atoms with Gasteiger partial charge in [0.05, 0.1) is 13.2 Å². The Kier molecular flexibility index (Phi) is 38.8. The standard InChI is InChI=1S/C43H69N5O12.CH4/c1-7-34(49)20-13-14-26-55-32-35(57-28-16-22-45-38(51)9-3)42(59-30-18-24-47-40(53)11-5)43(60-31-19-25-48-41(54)12-6)36(58-29-17-23-46-39(52)10-4)33-56-27-15-21-44-37(50)8-2;/h7-12,35-36,42-43H,1-6,13-33H2,(H,44,50)(H,45,51)(H,46,52)(H,47,53)(H,48,54);1H4/t35-,36-,42-,43-;/m1./s1. The molecule has 17 heteroatoms. The van der Waals surface area contributed by atoms with Crippen LogP contribution in [-0.4, -0.2) is 145 Å². The van der Waals surface area contributed by atoms with Crippen LogP contribution >= 0.6 is 0 Å². The Balaban J connectivity index is 0. The Bertz CT molecular complexity index is 1230. The van der Waals surface area contributed by atoms with Gasteiger partial charge in [-0.05, 0) is 81.4 Å². The summed E-state index contributed by atoms with van der Waals surface area (Å²) in [6.07, 6.45) is 7.64. The van der Waals surface area contributed by atoms with Crippen LogP contribution in [0.4, 0.5) is 0 Å². The lowest BCUT2D eigenvalue weighted by molar-refractivity contribution is -0.197. The highest BCUT2D eigenvalue weighted by atomic mass is 16.6. The van der Waals surface area contributed by atoms with Crippen molar-refractivity contribution in [2.75, 3.05) is 85.6 Å². The lowest BCUT2D eigenvalue weighted by Crippen LogP contribution is -2.53. The topological polar surface area (TPSA) is 218 Å². The van der Waals surface area contributed by atoms with Crippen molar-refractivity contribution in [3.8, 4) is 0 Å². The summed E-state index contributed by atoms with van der Waals surface area (Å²) in [6.45, 7) is 23.8. The summed E-state index contributed by atoms with van der Waals surface area (Å²) >= 11 is 0. The third-order valence-electron chi connectivity index (χ3n) is 8.27. The summed E-state index contributed by atoms with van der Waals surface area (Å²) in [4.78, 5) is 70.7. The predicted octanol–water partition coefficient (Wildman–Crippen LogP) is 2.58. The number of allylic oxidation sites excluding steroid dienone is 1. The molecular weight excluding hydrogens is 791 g/mol. The summed E-state index contributed by atoms with van der Waals surface area (Å²) in [5.41, 5.74) is 0. The molecule has 0 heterocycles. The van der Waals surface area contributed by atoms with Gasteiger partial charge in [-0.3, -0.25) is 28.8 Å². The molecule has 0 radical (unpaired) electrons. The minimum Gasteiger partial charge on any atom is -0.379 e. The summed E-state index contributed by atoms with van der Waals surface area (Å²) in [5, 5.41) is 13.6. The molecule has 61 heavy (non-hydrogen) atoms. The first-order chi connectivity index (χ1) is 29.1. The third kappa shape index (κ3) is 32.6. The van der Waals surface area contributed by atoms with E-state index in [1.165, 1.54) is 36.5 Å². The van der Waals surface area contributed by atoms with Crippen molar-refractivity contribution in [1.29, 1.82) is 0 Å². The zero-order valence-corrected chi connectivity index (χ0v) is 35.3. The fourth-order valence-electron chi connectivity index (χ4n) is 5.10. The van der Waals surface area contributed by atoms with Crippen molar-refractivity contribution in [1.82, 2.24) is 26.6 Å². The molecule has 0 fully saturated rings. The van der Waals surface area contributed by atoms with Crippen molar-refractivity contribution < 1.29 is 57.2 Å². The average Bonchev–Trinajstić information content (AvgIpc) is 3.26. The van der Waals surface area contributed by atoms with Crippen LogP contribution < -0.4 is 26.6 Å². The Labute approximate surface area is 363 Å². The molecule has 0 saturated heterocycles. The van der Waals surface area contributed by atoms with Crippen LogP contribution in [-0.2, 0) is 57.2 Å². The number of carbonyl (C=O) groups is 6. The van der Waals surface area contributed by atoms with Crippen LogP contribution in [0.3, 0.4) is 0 Å². The molecule has 0 bridgehead atoms. The van der Waals surface area contributed by atoms with E-state index in [4.69, 9.17) is 28.4 Å². The first kappa shape index (κ1) is 58.3. The van der Waals surface area contributed by atoms with E-state index in [2.05, 4.69) is 66.1 Å². The van der Waals surface area contributed by atoms with Gasteiger partial charge in [0.15, 0.2) is 5.78 Å². The van der Waals surface area contributed by atoms with Crippen molar-refractivity contribution in [2.24, 2.45) is 0 Å². The molecule has 0 spiro atoms. The lowest BCUT2D eigenvalue weighted by atomic mass is 10.0. The number of nitrogens with one attached hydrogen (secondary N) is 5. The second-order valence-electron chi connectivity index (χ2n) is 13.0. The molecule has 0 aliphatic rings. The molecule has 0 aromatic heterocycles. The average molecular weight is 864 g/mol. The second kappa shape index (κ2) is 40.6. The maximum absolute atomic E-state index is 11.8. The van der Waals surface area contributed by atoms with Gasteiger partial charge in [-0.15, -0.1) is 0 Å². The van der Waals surface area contributed by atoms with Gasteiger partial charge in [0.25, 0.3) is 0 Å². The van der Waals surface area contributed by atoms with Gasteiger partial charge in [0.2, 0.25) is 29.5 Å². The maximum atomic E-state index is 11.8. The van der Waals surface area contributed by atoms with E-state index in [1.54, 1.807) is 0 Å². The number of ether oxygens (including phenoxy) is 6. The molecule has 0 aliphatic heterocycles. The first-order valence-corrected chi connectivity index (χ1v) is 20.3. The van der Waals surface area contributed by atoms with E-state index in [1.807, 2.05) is 0 Å².